The van der Waals surface area contributed by atoms with Crippen molar-refractivity contribution in [2.24, 2.45) is 0 Å². The minimum Gasteiger partial charge on any atom is -0.476 e. The number of carboxylic acids is 1. The summed E-state index contributed by atoms with van der Waals surface area (Å²) in [4.78, 5) is 22.9. The molecule has 0 aliphatic heterocycles. The van der Waals surface area contributed by atoms with Crippen molar-refractivity contribution in [3.05, 3.63) is 83.0 Å². The normalized spacial score (nSPS) is 11.1. The molecule has 0 amide bonds. The number of anilines is 1. The molecule has 11 heteroatoms. The summed E-state index contributed by atoms with van der Waals surface area (Å²) in [6, 6.07) is 18.0. The van der Waals surface area contributed by atoms with E-state index in [1.54, 1.807) is 10.8 Å². The van der Waals surface area contributed by atoms with E-state index in [4.69, 9.17) is 11.6 Å². The summed E-state index contributed by atoms with van der Waals surface area (Å²) in [6.45, 7) is 2.43. The van der Waals surface area contributed by atoms with Gasteiger partial charge in [0.1, 0.15) is 5.82 Å². The number of pyridine rings is 1. The topological polar surface area (TPSA) is 126 Å². The maximum absolute atomic E-state index is 11.9. The summed E-state index contributed by atoms with van der Waals surface area (Å²) in [5.74, 6) is 0.0682. The SMILES string of the molecule is CCCCc1nc(Cl)c(C(=O)O)n1Cc1ccc(-c2cc(-c3cc(N(C)C)ccn3)ccc2-c2nn[nH]n2)cc1. The highest BCUT2D eigenvalue weighted by atomic mass is 35.5. The fraction of sp³-hybridized carbons (Fsp3) is 0.241. The number of H-pyrrole nitrogens is 1. The van der Waals surface area contributed by atoms with Crippen molar-refractivity contribution in [1.82, 2.24) is 35.2 Å². The number of carbonyl (C=O) groups is 1. The molecule has 2 N–H and O–H groups in total. The van der Waals surface area contributed by atoms with Crippen LogP contribution >= 0.6 is 11.6 Å². The largest absolute Gasteiger partial charge is 0.476 e. The van der Waals surface area contributed by atoms with Crippen LogP contribution in [0.1, 0.15) is 41.6 Å². The minimum atomic E-state index is -1.09. The Hall–Kier alpha value is -4.57. The Balaban J connectivity index is 1.52. The number of tetrazole rings is 1. The van der Waals surface area contributed by atoms with Crippen LogP contribution in [0.5, 0.6) is 0 Å². The number of imidazole rings is 1. The summed E-state index contributed by atoms with van der Waals surface area (Å²) in [5.41, 5.74) is 6.48. The molecule has 204 valence electrons. The zero-order valence-electron chi connectivity index (χ0n) is 22.5. The fourth-order valence-corrected chi connectivity index (χ4v) is 4.89. The third-order valence-corrected chi connectivity index (χ3v) is 6.99. The molecule has 0 saturated heterocycles. The standard InChI is InChI=1S/C29H29ClN8O2/c1-4-5-6-25-32-27(30)26(29(39)40)38(25)17-18-7-9-19(10-8-18)23-15-20(11-12-22(23)28-33-35-36-34-28)24-16-21(37(2)3)13-14-31-24/h7-16H,4-6,17H2,1-3H3,(H,39,40)(H,33,34,35,36). The maximum atomic E-state index is 11.9. The second-order valence-electron chi connectivity index (χ2n) is 9.65. The maximum Gasteiger partial charge on any atom is 0.355 e. The van der Waals surface area contributed by atoms with E-state index in [1.165, 1.54) is 0 Å². The third-order valence-electron chi connectivity index (χ3n) is 6.73. The number of aryl methyl sites for hydroxylation is 1. The van der Waals surface area contributed by atoms with Gasteiger partial charge in [-0.2, -0.15) is 5.21 Å². The monoisotopic (exact) mass is 556 g/mol. The van der Waals surface area contributed by atoms with Crippen molar-refractivity contribution < 1.29 is 9.90 Å². The molecular formula is C29H29ClN8O2. The van der Waals surface area contributed by atoms with E-state index >= 15 is 0 Å². The first-order valence-corrected chi connectivity index (χ1v) is 13.3. The molecule has 0 spiro atoms. The van der Waals surface area contributed by atoms with Gasteiger partial charge in [-0.25, -0.2) is 9.78 Å². The van der Waals surface area contributed by atoms with Crippen LogP contribution in [-0.4, -0.2) is 60.3 Å². The van der Waals surface area contributed by atoms with Crippen LogP contribution in [0, 0.1) is 0 Å². The smallest absolute Gasteiger partial charge is 0.355 e. The number of rotatable bonds is 10. The van der Waals surface area contributed by atoms with Crippen molar-refractivity contribution in [2.45, 2.75) is 32.7 Å². The molecule has 40 heavy (non-hydrogen) atoms. The van der Waals surface area contributed by atoms with Crippen LogP contribution in [0.3, 0.4) is 0 Å². The lowest BCUT2D eigenvalue weighted by molar-refractivity contribution is 0.0685. The van der Waals surface area contributed by atoms with Gasteiger partial charge in [-0.1, -0.05) is 55.3 Å². The van der Waals surface area contributed by atoms with Gasteiger partial charge >= 0.3 is 5.97 Å². The second kappa shape index (κ2) is 11.7. The fourth-order valence-electron chi connectivity index (χ4n) is 4.61. The molecule has 0 aliphatic rings. The quantitative estimate of drug-likeness (QED) is 0.228. The van der Waals surface area contributed by atoms with E-state index in [2.05, 4.69) is 43.6 Å². The van der Waals surface area contributed by atoms with Gasteiger partial charge in [0.15, 0.2) is 10.8 Å². The number of hydrogen-bond acceptors (Lipinski definition) is 7. The van der Waals surface area contributed by atoms with E-state index < -0.39 is 5.97 Å². The number of benzene rings is 2. The average Bonchev–Trinajstić information content (AvgIpc) is 3.60. The Morgan fingerprint density at radius 1 is 1.05 bits per heavy atom. The molecule has 10 nitrogen and oxygen atoms in total. The molecule has 3 aromatic heterocycles. The lowest BCUT2D eigenvalue weighted by atomic mass is 9.95. The molecule has 0 atom stereocenters. The van der Waals surface area contributed by atoms with E-state index in [-0.39, 0.29) is 10.8 Å². The predicted octanol–water partition coefficient (Wildman–Crippen LogP) is 5.60. The van der Waals surface area contributed by atoms with Crippen LogP contribution in [0.2, 0.25) is 5.15 Å². The van der Waals surface area contributed by atoms with Crippen molar-refractivity contribution in [3.63, 3.8) is 0 Å². The molecule has 0 fully saturated rings. The van der Waals surface area contributed by atoms with Crippen LogP contribution < -0.4 is 4.90 Å². The molecule has 0 radical (unpaired) electrons. The molecule has 5 rings (SSSR count). The minimum absolute atomic E-state index is 0.0106. The van der Waals surface area contributed by atoms with Crippen LogP contribution in [0.15, 0.2) is 60.8 Å². The van der Waals surface area contributed by atoms with Crippen LogP contribution in [-0.2, 0) is 13.0 Å². The summed E-state index contributed by atoms with van der Waals surface area (Å²) in [5, 5.41) is 24.5. The van der Waals surface area contributed by atoms with E-state index in [0.29, 0.717) is 24.6 Å². The molecule has 0 aliphatic carbocycles. The van der Waals surface area contributed by atoms with Crippen LogP contribution in [0.25, 0.3) is 33.8 Å². The summed E-state index contributed by atoms with van der Waals surface area (Å²) >= 11 is 6.21. The average molecular weight is 557 g/mol. The molecule has 0 bridgehead atoms. The number of unbranched alkanes of at least 4 members (excludes halogenated alkanes) is 1. The van der Waals surface area contributed by atoms with Crippen molar-refractivity contribution in [2.75, 3.05) is 19.0 Å². The zero-order valence-corrected chi connectivity index (χ0v) is 23.2. The van der Waals surface area contributed by atoms with Gasteiger partial charge in [-0.3, -0.25) is 4.98 Å². The number of carboxylic acid groups (broad SMARTS) is 1. The number of aromatic carboxylic acids is 1. The van der Waals surface area contributed by atoms with Gasteiger partial charge in [0, 0.05) is 50.1 Å². The summed E-state index contributed by atoms with van der Waals surface area (Å²) in [6.07, 6.45) is 4.32. The second-order valence-corrected chi connectivity index (χ2v) is 10.0. The van der Waals surface area contributed by atoms with Crippen LogP contribution in [0.4, 0.5) is 5.69 Å². The van der Waals surface area contributed by atoms with Crippen molar-refractivity contribution >= 4 is 23.3 Å². The Bertz CT molecular complexity index is 1630. The highest BCUT2D eigenvalue weighted by molar-refractivity contribution is 6.32. The first-order chi connectivity index (χ1) is 19.4. The number of halogens is 1. The Labute approximate surface area is 236 Å². The van der Waals surface area contributed by atoms with Gasteiger partial charge in [-0.05, 0) is 52.6 Å². The predicted molar refractivity (Wildman–Crippen MR) is 155 cm³/mol. The Morgan fingerprint density at radius 2 is 1.82 bits per heavy atom. The van der Waals surface area contributed by atoms with Gasteiger partial charge in [0.25, 0.3) is 0 Å². The lowest BCUT2D eigenvalue weighted by Gasteiger charge is -2.15. The first-order valence-electron chi connectivity index (χ1n) is 12.9. The molecule has 0 unspecified atom stereocenters. The van der Waals surface area contributed by atoms with Gasteiger partial charge in [0.05, 0.1) is 5.69 Å². The summed E-state index contributed by atoms with van der Waals surface area (Å²) < 4.78 is 1.70. The van der Waals surface area contributed by atoms with Crippen molar-refractivity contribution in [1.29, 1.82) is 0 Å². The number of nitrogens with zero attached hydrogens (tertiary/aromatic N) is 7. The van der Waals surface area contributed by atoms with E-state index in [9.17, 15) is 9.90 Å². The zero-order chi connectivity index (χ0) is 28.2. The highest BCUT2D eigenvalue weighted by Gasteiger charge is 2.22. The highest BCUT2D eigenvalue weighted by Crippen LogP contribution is 2.34. The van der Waals surface area contributed by atoms with Gasteiger partial charge in [-0.15, -0.1) is 10.2 Å². The molecular weight excluding hydrogens is 528 g/mol. The van der Waals surface area contributed by atoms with E-state index in [1.807, 2.05) is 67.5 Å². The van der Waals surface area contributed by atoms with E-state index in [0.717, 1.165) is 52.0 Å². The molecule has 3 heterocycles. The number of hydrogen-bond donors (Lipinski definition) is 2. The van der Waals surface area contributed by atoms with Gasteiger partial charge < -0.3 is 14.6 Å². The third kappa shape index (κ3) is 5.57. The Kier molecular flexibility index (Phi) is 7.88. The molecule has 5 aromatic rings. The lowest BCUT2D eigenvalue weighted by Crippen LogP contribution is -2.13. The number of nitrogens with one attached hydrogen (secondary N) is 1. The molecule has 2 aromatic carbocycles. The molecule has 0 saturated carbocycles. The Morgan fingerprint density at radius 3 is 2.50 bits per heavy atom. The first kappa shape index (κ1) is 27.0. The summed E-state index contributed by atoms with van der Waals surface area (Å²) in [7, 11) is 3.99. The number of aromatic nitrogens is 7. The van der Waals surface area contributed by atoms with Crippen molar-refractivity contribution in [3.8, 4) is 33.8 Å². The number of aromatic amines is 1. The van der Waals surface area contributed by atoms with Gasteiger partial charge in [0.2, 0.25) is 5.82 Å².